The first kappa shape index (κ1) is 19.6. The minimum Gasteiger partial charge on any atom is -0.478 e. The van der Waals surface area contributed by atoms with Crippen LogP contribution in [0, 0.1) is 0 Å². The number of nitrogens with zero attached hydrogens (tertiary/aromatic N) is 2. The van der Waals surface area contributed by atoms with Crippen LogP contribution in [0.5, 0.6) is 0 Å². The van der Waals surface area contributed by atoms with E-state index in [-0.39, 0.29) is 18.0 Å². The smallest absolute Gasteiger partial charge is 0.335 e. The van der Waals surface area contributed by atoms with E-state index in [0.29, 0.717) is 16.7 Å². The van der Waals surface area contributed by atoms with E-state index in [1.807, 2.05) is 36.4 Å². The number of aromatic nitrogens is 2. The van der Waals surface area contributed by atoms with Gasteiger partial charge in [0.25, 0.3) is 0 Å². The Hall–Kier alpha value is -3.15. The average Bonchev–Trinajstić information content (AvgIpc) is 2.69. The second kappa shape index (κ2) is 8.25. The van der Waals surface area contributed by atoms with E-state index in [9.17, 15) is 4.79 Å². The number of para-hydroxylation sites is 1. The number of hydrogen-bond acceptors (Lipinski definition) is 4. The molecule has 1 aromatic heterocycles. The van der Waals surface area contributed by atoms with Gasteiger partial charge in [-0.3, -0.25) is 0 Å². The molecular weight excluding hydrogens is 397 g/mol. The highest BCUT2D eigenvalue weighted by Crippen LogP contribution is 2.28. The first-order valence-corrected chi connectivity index (χ1v) is 8.61. The van der Waals surface area contributed by atoms with Crippen molar-refractivity contribution in [3.63, 3.8) is 0 Å². The van der Waals surface area contributed by atoms with Crippen molar-refractivity contribution >= 4 is 52.4 Å². The summed E-state index contributed by atoms with van der Waals surface area (Å²) in [7, 11) is 0. The minimum atomic E-state index is -0.959. The molecule has 0 amide bonds. The predicted molar refractivity (Wildman–Crippen MR) is 114 cm³/mol. The molecule has 1 heterocycles. The van der Waals surface area contributed by atoms with Gasteiger partial charge in [-0.25, -0.2) is 14.8 Å². The Balaban J connectivity index is 0.00000225. The molecule has 3 aromatic carbocycles. The van der Waals surface area contributed by atoms with Gasteiger partial charge in [0.1, 0.15) is 5.82 Å². The van der Waals surface area contributed by atoms with E-state index in [4.69, 9.17) is 16.7 Å². The van der Waals surface area contributed by atoms with E-state index >= 15 is 0 Å². The minimum absolute atomic E-state index is 0. The maximum atomic E-state index is 11.0. The zero-order chi connectivity index (χ0) is 18.8. The van der Waals surface area contributed by atoms with E-state index in [0.717, 1.165) is 22.2 Å². The quantitative estimate of drug-likeness (QED) is 0.442. The molecule has 4 aromatic rings. The largest absolute Gasteiger partial charge is 0.478 e. The number of anilines is 2. The molecule has 0 aliphatic rings. The highest BCUT2D eigenvalue weighted by Gasteiger charge is 2.10. The molecule has 0 aliphatic carbocycles. The number of carboxylic acid groups (broad SMARTS) is 1. The van der Waals surface area contributed by atoms with E-state index < -0.39 is 5.97 Å². The molecule has 0 fully saturated rings. The molecule has 7 heteroatoms. The average molecular weight is 412 g/mol. The molecule has 0 spiro atoms. The standard InChI is InChI=1S/C21H14ClN3O2.ClH/c22-15-9-5-13(6-10-15)19-24-18-4-2-1-3-17(18)20(25-19)23-16-11-7-14(8-12-16)21(26)27;/h1-12H,(H,26,27)(H,23,24,25);1H. The van der Waals surface area contributed by atoms with Crippen molar-refractivity contribution in [3.05, 3.63) is 83.4 Å². The van der Waals surface area contributed by atoms with Gasteiger partial charge in [0.2, 0.25) is 0 Å². The van der Waals surface area contributed by atoms with Gasteiger partial charge in [0.15, 0.2) is 5.82 Å². The van der Waals surface area contributed by atoms with E-state index in [2.05, 4.69) is 15.3 Å². The third kappa shape index (κ3) is 4.06. The molecule has 0 radical (unpaired) electrons. The number of rotatable bonds is 4. The summed E-state index contributed by atoms with van der Waals surface area (Å²) in [5.41, 5.74) is 2.64. The van der Waals surface area contributed by atoms with Crippen LogP contribution < -0.4 is 5.32 Å². The van der Waals surface area contributed by atoms with Crippen molar-refractivity contribution in [2.75, 3.05) is 5.32 Å². The summed E-state index contributed by atoms with van der Waals surface area (Å²) in [5.74, 6) is 0.266. The number of halogens is 2. The van der Waals surface area contributed by atoms with E-state index in [1.165, 1.54) is 0 Å². The van der Waals surface area contributed by atoms with Gasteiger partial charge in [-0.05, 0) is 60.7 Å². The zero-order valence-corrected chi connectivity index (χ0v) is 16.0. The van der Waals surface area contributed by atoms with Crippen molar-refractivity contribution in [1.82, 2.24) is 9.97 Å². The first-order chi connectivity index (χ1) is 13.1. The van der Waals surface area contributed by atoms with Crippen molar-refractivity contribution < 1.29 is 9.90 Å². The Morgan fingerprint density at radius 2 is 1.57 bits per heavy atom. The Kier molecular flexibility index (Phi) is 5.78. The molecule has 0 unspecified atom stereocenters. The number of benzene rings is 3. The van der Waals surface area contributed by atoms with Crippen LogP contribution in [0.2, 0.25) is 5.02 Å². The monoisotopic (exact) mass is 411 g/mol. The lowest BCUT2D eigenvalue weighted by molar-refractivity contribution is 0.0697. The lowest BCUT2D eigenvalue weighted by atomic mass is 10.1. The van der Waals surface area contributed by atoms with Gasteiger partial charge in [0, 0.05) is 21.7 Å². The van der Waals surface area contributed by atoms with Gasteiger partial charge in [-0.1, -0.05) is 23.7 Å². The Labute approximate surface area is 172 Å². The fraction of sp³-hybridized carbons (Fsp3) is 0. The number of carboxylic acids is 1. The van der Waals surface area contributed by atoms with E-state index in [1.54, 1.807) is 36.4 Å². The zero-order valence-electron chi connectivity index (χ0n) is 14.5. The maximum Gasteiger partial charge on any atom is 0.335 e. The molecule has 0 saturated heterocycles. The summed E-state index contributed by atoms with van der Waals surface area (Å²) in [5, 5.41) is 13.8. The summed E-state index contributed by atoms with van der Waals surface area (Å²) in [6.45, 7) is 0. The maximum absolute atomic E-state index is 11.0. The molecule has 2 N–H and O–H groups in total. The van der Waals surface area contributed by atoms with Gasteiger partial charge in [0.05, 0.1) is 11.1 Å². The number of fused-ring (bicyclic) bond motifs is 1. The van der Waals surface area contributed by atoms with Crippen LogP contribution in [0.15, 0.2) is 72.8 Å². The molecule has 0 bridgehead atoms. The Morgan fingerprint density at radius 1 is 0.893 bits per heavy atom. The highest BCUT2D eigenvalue weighted by atomic mass is 35.5. The summed E-state index contributed by atoms with van der Waals surface area (Å²) in [6.07, 6.45) is 0. The number of hydrogen-bond donors (Lipinski definition) is 2. The fourth-order valence-corrected chi connectivity index (χ4v) is 2.86. The van der Waals surface area contributed by atoms with Crippen LogP contribution in [-0.2, 0) is 0 Å². The summed E-state index contributed by atoms with van der Waals surface area (Å²) in [6, 6.07) is 21.6. The third-order valence-electron chi connectivity index (χ3n) is 4.10. The van der Waals surface area contributed by atoms with Crippen LogP contribution in [0.3, 0.4) is 0 Å². The molecule has 4 rings (SSSR count). The molecule has 0 aliphatic heterocycles. The van der Waals surface area contributed by atoms with Crippen LogP contribution in [0.25, 0.3) is 22.3 Å². The Morgan fingerprint density at radius 3 is 2.25 bits per heavy atom. The van der Waals surface area contributed by atoms with Crippen molar-refractivity contribution in [2.45, 2.75) is 0 Å². The molecule has 0 atom stereocenters. The second-order valence-corrected chi connectivity index (χ2v) is 6.36. The summed E-state index contributed by atoms with van der Waals surface area (Å²) < 4.78 is 0. The molecular formula is C21H15Cl2N3O2. The Bertz CT molecular complexity index is 1130. The normalized spacial score (nSPS) is 10.3. The molecule has 5 nitrogen and oxygen atoms in total. The lowest BCUT2D eigenvalue weighted by Gasteiger charge is -2.11. The summed E-state index contributed by atoms with van der Waals surface area (Å²) in [4.78, 5) is 20.3. The third-order valence-corrected chi connectivity index (χ3v) is 4.35. The fourth-order valence-electron chi connectivity index (χ4n) is 2.73. The molecule has 28 heavy (non-hydrogen) atoms. The van der Waals surface area contributed by atoms with Crippen LogP contribution >= 0.6 is 24.0 Å². The lowest BCUT2D eigenvalue weighted by Crippen LogP contribution is -2.00. The number of carbonyl (C=O) groups is 1. The highest BCUT2D eigenvalue weighted by molar-refractivity contribution is 6.30. The SMILES string of the molecule is Cl.O=C(O)c1ccc(Nc2nc(-c3ccc(Cl)cc3)nc3ccccc23)cc1. The van der Waals surface area contributed by atoms with Gasteiger partial charge >= 0.3 is 5.97 Å². The van der Waals surface area contributed by atoms with Crippen molar-refractivity contribution in [3.8, 4) is 11.4 Å². The number of nitrogens with one attached hydrogen (secondary N) is 1. The summed E-state index contributed by atoms with van der Waals surface area (Å²) >= 11 is 5.97. The predicted octanol–water partition coefficient (Wildman–Crippen LogP) is 5.81. The van der Waals surface area contributed by atoms with Crippen LogP contribution in [-0.4, -0.2) is 21.0 Å². The van der Waals surface area contributed by atoms with Crippen LogP contribution in [0.1, 0.15) is 10.4 Å². The van der Waals surface area contributed by atoms with Crippen molar-refractivity contribution in [1.29, 1.82) is 0 Å². The van der Waals surface area contributed by atoms with Crippen LogP contribution in [0.4, 0.5) is 11.5 Å². The molecule has 140 valence electrons. The second-order valence-electron chi connectivity index (χ2n) is 5.93. The number of aromatic carboxylic acids is 1. The molecule has 0 saturated carbocycles. The first-order valence-electron chi connectivity index (χ1n) is 8.23. The van der Waals surface area contributed by atoms with Crippen molar-refractivity contribution in [2.24, 2.45) is 0 Å². The van der Waals surface area contributed by atoms with Gasteiger partial charge in [-0.2, -0.15) is 0 Å². The van der Waals surface area contributed by atoms with Gasteiger partial charge < -0.3 is 10.4 Å². The van der Waals surface area contributed by atoms with Gasteiger partial charge in [-0.15, -0.1) is 12.4 Å². The topological polar surface area (TPSA) is 75.1 Å².